The number of hydrogen-bond donors (Lipinski definition) is 2. The normalized spacial score (nSPS) is 14.4. The molecule has 90 valence electrons. The van der Waals surface area contributed by atoms with E-state index in [0.29, 0.717) is 5.75 Å². The van der Waals surface area contributed by atoms with E-state index < -0.39 is 0 Å². The van der Waals surface area contributed by atoms with E-state index in [1.54, 1.807) is 23.1 Å². The van der Waals surface area contributed by atoms with Gasteiger partial charge in [-0.25, -0.2) is 0 Å². The largest absolute Gasteiger partial charge is 0.348 e. The Morgan fingerprint density at radius 3 is 2.94 bits per heavy atom. The van der Waals surface area contributed by atoms with Crippen molar-refractivity contribution in [2.75, 3.05) is 11.5 Å². The lowest BCUT2D eigenvalue weighted by molar-refractivity contribution is -0.119. The lowest BCUT2D eigenvalue weighted by Crippen LogP contribution is -2.28. The minimum Gasteiger partial charge on any atom is -0.348 e. The molecule has 0 aliphatic heterocycles. The SMILES string of the molecule is CC(N)CSCC(=O)NC(C)c1cccs1. The molecule has 0 aliphatic rings. The highest BCUT2D eigenvalue weighted by atomic mass is 32.2. The molecule has 0 bridgehead atoms. The minimum absolute atomic E-state index is 0.0755. The zero-order valence-electron chi connectivity index (χ0n) is 9.60. The molecule has 0 fully saturated rings. The van der Waals surface area contributed by atoms with Crippen LogP contribution in [0.1, 0.15) is 24.8 Å². The number of amides is 1. The first-order valence-corrected chi connectivity index (χ1v) is 7.29. The maximum Gasteiger partial charge on any atom is 0.230 e. The van der Waals surface area contributed by atoms with Gasteiger partial charge >= 0.3 is 0 Å². The van der Waals surface area contributed by atoms with Crippen molar-refractivity contribution < 1.29 is 4.79 Å². The molecule has 1 rings (SSSR count). The van der Waals surface area contributed by atoms with Crippen LogP contribution in [0.4, 0.5) is 0 Å². The van der Waals surface area contributed by atoms with Gasteiger partial charge in [0.2, 0.25) is 5.91 Å². The minimum atomic E-state index is 0.0755. The number of hydrogen-bond acceptors (Lipinski definition) is 4. The van der Waals surface area contributed by atoms with Crippen LogP contribution in [0.15, 0.2) is 17.5 Å². The summed E-state index contributed by atoms with van der Waals surface area (Å²) in [6.07, 6.45) is 0. The molecule has 5 heteroatoms. The lowest BCUT2D eigenvalue weighted by atomic mass is 10.3. The van der Waals surface area contributed by atoms with Crippen LogP contribution < -0.4 is 11.1 Å². The molecule has 0 aliphatic carbocycles. The van der Waals surface area contributed by atoms with Crippen LogP contribution in [0, 0.1) is 0 Å². The Morgan fingerprint density at radius 2 is 2.38 bits per heavy atom. The van der Waals surface area contributed by atoms with Gasteiger partial charge in [0.25, 0.3) is 0 Å². The smallest absolute Gasteiger partial charge is 0.230 e. The molecular formula is C11H18N2OS2. The second-order valence-corrected chi connectivity index (χ2v) is 5.81. The van der Waals surface area contributed by atoms with Crippen LogP contribution in [0.2, 0.25) is 0 Å². The summed E-state index contributed by atoms with van der Waals surface area (Å²) in [4.78, 5) is 12.7. The molecule has 0 saturated heterocycles. The summed E-state index contributed by atoms with van der Waals surface area (Å²) >= 11 is 3.24. The van der Waals surface area contributed by atoms with E-state index in [-0.39, 0.29) is 18.0 Å². The van der Waals surface area contributed by atoms with Crippen molar-refractivity contribution in [2.45, 2.75) is 25.9 Å². The fourth-order valence-corrected chi connectivity index (χ4v) is 2.72. The molecule has 1 aromatic rings. The summed E-state index contributed by atoms with van der Waals surface area (Å²) < 4.78 is 0. The van der Waals surface area contributed by atoms with E-state index in [1.165, 1.54) is 4.88 Å². The fraction of sp³-hybridized carbons (Fsp3) is 0.545. The van der Waals surface area contributed by atoms with E-state index >= 15 is 0 Å². The molecule has 2 unspecified atom stereocenters. The van der Waals surface area contributed by atoms with Gasteiger partial charge in [0, 0.05) is 16.7 Å². The molecule has 3 nitrogen and oxygen atoms in total. The standard InChI is InChI=1S/C11H18N2OS2/c1-8(12)6-15-7-11(14)13-9(2)10-4-3-5-16-10/h3-5,8-9H,6-7,12H2,1-2H3,(H,13,14). The van der Waals surface area contributed by atoms with Gasteiger partial charge in [0.15, 0.2) is 0 Å². The Bertz CT molecular complexity index is 312. The van der Waals surface area contributed by atoms with Crippen molar-refractivity contribution >= 4 is 29.0 Å². The topological polar surface area (TPSA) is 55.1 Å². The summed E-state index contributed by atoms with van der Waals surface area (Å²) in [6, 6.07) is 4.27. The molecule has 0 aromatic carbocycles. The molecule has 0 radical (unpaired) electrons. The average molecular weight is 258 g/mol. The zero-order chi connectivity index (χ0) is 12.0. The number of rotatable bonds is 6. The van der Waals surface area contributed by atoms with Crippen LogP contribution in [0.3, 0.4) is 0 Å². The van der Waals surface area contributed by atoms with Crippen molar-refractivity contribution in [3.8, 4) is 0 Å². The third kappa shape index (κ3) is 5.01. The van der Waals surface area contributed by atoms with Gasteiger partial charge in [0.1, 0.15) is 0 Å². The third-order valence-electron chi connectivity index (χ3n) is 1.96. The van der Waals surface area contributed by atoms with Crippen LogP contribution in [-0.2, 0) is 4.79 Å². The Morgan fingerprint density at radius 1 is 1.62 bits per heavy atom. The molecule has 1 aromatic heterocycles. The second-order valence-electron chi connectivity index (χ2n) is 3.80. The van der Waals surface area contributed by atoms with Gasteiger partial charge < -0.3 is 11.1 Å². The van der Waals surface area contributed by atoms with Crippen LogP contribution >= 0.6 is 23.1 Å². The molecule has 0 spiro atoms. The first kappa shape index (κ1) is 13.5. The Hall–Kier alpha value is -0.520. The van der Waals surface area contributed by atoms with E-state index in [9.17, 15) is 4.79 Å². The highest BCUT2D eigenvalue weighted by Crippen LogP contribution is 2.18. The van der Waals surface area contributed by atoms with E-state index in [4.69, 9.17) is 5.73 Å². The predicted molar refractivity (Wildman–Crippen MR) is 71.9 cm³/mol. The molecular weight excluding hydrogens is 240 g/mol. The maximum atomic E-state index is 11.6. The van der Waals surface area contributed by atoms with Crippen LogP contribution in [0.5, 0.6) is 0 Å². The second kappa shape index (κ2) is 6.93. The number of thioether (sulfide) groups is 1. The molecule has 3 N–H and O–H groups in total. The van der Waals surface area contributed by atoms with E-state index in [0.717, 1.165) is 5.75 Å². The molecule has 2 atom stereocenters. The zero-order valence-corrected chi connectivity index (χ0v) is 11.2. The monoisotopic (exact) mass is 258 g/mol. The first-order chi connectivity index (χ1) is 7.59. The maximum absolute atomic E-state index is 11.6. The van der Waals surface area contributed by atoms with Gasteiger partial charge in [-0.2, -0.15) is 11.8 Å². The predicted octanol–water partition coefficient (Wildman–Crippen LogP) is 2.01. The number of carbonyl (C=O) groups excluding carboxylic acids is 1. The number of nitrogens with one attached hydrogen (secondary N) is 1. The van der Waals surface area contributed by atoms with Crippen LogP contribution in [-0.4, -0.2) is 23.5 Å². The Kier molecular flexibility index (Phi) is 5.87. The van der Waals surface area contributed by atoms with Crippen LogP contribution in [0.25, 0.3) is 0 Å². The number of carbonyl (C=O) groups is 1. The Balaban J connectivity index is 2.24. The molecule has 0 saturated carbocycles. The van der Waals surface area contributed by atoms with E-state index in [2.05, 4.69) is 5.32 Å². The van der Waals surface area contributed by atoms with Crippen molar-refractivity contribution in [2.24, 2.45) is 5.73 Å². The number of thiophene rings is 1. The van der Waals surface area contributed by atoms with Crippen molar-refractivity contribution in [1.29, 1.82) is 0 Å². The van der Waals surface area contributed by atoms with E-state index in [1.807, 2.05) is 31.4 Å². The first-order valence-electron chi connectivity index (χ1n) is 5.25. The molecule has 1 heterocycles. The highest BCUT2D eigenvalue weighted by molar-refractivity contribution is 7.99. The number of nitrogens with two attached hydrogens (primary N) is 1. The van der Waals surface area contributed by atoms with Crippen molar-refractivity contribution in [1.82, 2.24) is 5.32 Å². The summed E-state index contributed by atoms with van der Waals surface area (Å²) in [6.45, 7) is 3.94. The van der Waals surface area contributed by atoms with Gasteiger partial charge in [0.05, 0.1) is 11.8 Å². The summed E-state index contributed by atoms with van der Waals surface area (Å²) in [7, 11) is 0. The summed E-state index contributed by atoms with van der Waals surface area (Å²) in [5, 5.41) is 4.98. The third-order valence-corrected chi connectivity index (χ3v) is 4.24. The van der Waals surface area contributed by atoms with Crippen molar-refractivity contribution in [3.63, 3.8) is 0 Å². The van der Waals surface area contributed by atoms with Gasteiger partial charge in [-0.15, -0.1) is 11.3 Å². The summed E-state index contributed by atoms with van der Waals surface area (Å²) in [5.74, 6) is 1.38. The fourth-order valence-electron chi connectivity index (χ4n) is 1.23. The molecule has 16 heavy (non-hydrogen) atoms. The lowest BCUT2D eigenvalue weighted by Gasteiger charge is -2.12. The molecule has 1 amide bonds. The Labute approximate surface area is 105 Å². The van der Waals surface area contributed by atoms with Gasteiger partial charge in [-0.3, -0.25) is 4.79 Å². The summed E-state index contributed by atoms with van der Waals surface area (Å²) in [5.41, 5.74) is 5.61. The van der Waals surface area contributed by atoms with Crippen molar-refractivity contribution in [3.05, 3.63) is 22.4 Å². The van der Waals surface area contributed by atoms with Gasteiger partial charge in [-0.1, -0.05) is 6.07 Å². The quantitative estimate of drug-likeness (QED) is 0.820. The highest BCUT2D eigenvalue weighted by Gasteiger charge is 2.10. The van der Waals surface area contributed by atoms with Gasteiger partial charge in [-0.05, 0) is 25.3 Å². The average Bonchev–Trinajstić information content (AvgIpc) is 2.69.